The molecule has 0 saturated carbocycles. The van der Waals surface area contributed by atoms with Gasteiger partial charge in [0.25, 0.3) is 0 Å². The van der Waals surface area contributed by atoms with E-state index >= 15 is 0 Å². The maximum absolute atomic E-state index is 11.7. The van der Waals surface area contributed by atoms with Crippen LogP contribution in [0.25, 0.3) is 11.0 Å². The van der Waals surface area contributed by atoms with Crippen molar-refractivity contribution in [3.63, 3.8) is 0 Å². The fourth-order valence-corrected chi connectivity index (χ4v) is 3.64. The number of rotatable bonds is 2. The van der Waals surface area contributed by atoms with E-state index in [1.807, 2.05) is 20.8 Å². The number of aromatic hydroxyl groups is 1. The Morgan fingerprint density at radius 3 is 2.61 bits per heavy atom. The third-order valence-corrected chi connectivity index (χ3v) is 4.60. The molecule has 0 amide bonds. The predicted octanol–water partition coefficient (Wildman–Crippen LogP) is 1.65. The molecule has 0 radical (unpaired) electrons. The molecule has 2 atom stereocenters. The van der Waals surface area contributed by atoms with E-state index < -0.39 is 5.63 Å². The molecule has 3 rings (SSSR count). The van der Waals surface area contributed by atoms with Crippen LogP contribution >= 0.6 is 11.6 Å². The predicted molar refractivity (Wildman–Crippen MR) is 88.3 cm³/mol. The smallest absolute Gasteiger partial charge is 0.336 e. The first-order valence-corrected chi connectivity index (χ1v) is 8.16. The van der Waals surface area contributed by atoms with Gasteiger partial charge in [-0.25, -0.2) is 4.79 Å². The van der Waals surface area contributed by atoms with E-state index in [9.17, 15) is 9.90 Å². The van der Waals surface area contributed by atoms with Gasteiger partial charge in [0.15, 0.2) is 5.58 Å². The number of ether oxygens (including phenoxy) is 1. The Hall–Kier alpha value is -1.56. The summed E-state index contributed by atoms with van der Waals surface area (Å²) in [6.45, 7) is 8.10. The van der Waals surface area contributed by atoms with Crippen LogP contribution in [0, 0.1) is 6.92 Å². The summed E-state index contributed by atoms with van der Waals surface area (Å²) >= 11 is 6.18. The van der Waals surface area contributed by atoms with Gasteiger partial charge in [-0.2, -0.15) is 0 Å². The van der Waals surface area contributed by atoms with Gasteiger partial charge in [0.2, 0.25) is 0 Å². The van der Waals surface area contributed by atoms with Gasteiger partial charge in [-0.15, -0.1) is 0 Å². The maximum atomic E-state index is 11.7. The number of aryl methyl sites for hydroxylation is 1. The number of quaternary nitrogens is 1. The standard InChI is InChI=1S/C17H20ClNO4/c1-9-4-15(20)23-17-12(9)5-14(18)16(21)13(17)8-19-6-10(2)22-11(3)7-19/h4-5,10-11,21H,6-8H2,1-3H3/p+1/t10-,11-/m1/s1. The number of hydrogen-bond donors (Lipinski definition) is 2. The first-order valence-electron chi connectivity index (χ1n) is 7.79. The van der Waals surface area contributed by atoms with Crippen molar-refractivity contribution >= 4 is 22.6 Å². The molecule has 1 aliphatic heterocycles. The first-order chi connectivity index (χ1) is 10.8. The molecule has 6 heteroatoms. The number of benzene rings is 1. The van der Waals surface area contributed by atoms with Crippen LogP contribution in [0.4, 0.5) is 0 Å². The van der Waals surface area contributed by atoms with Crippen molar-refractivity contribution in [1.29, 1.82) is 0 Å². The first kappa shape index (κ1) is 16.3. The summed E-state index contributed by atoms with van der Waals surface area (Å²) in [5.74, 6) is -0.00721. The molecule has 1 fully saturated rings. The van der Waals surface area contributed by atoms with E-state index in [2.05, 4.69) is 0 Å². The number of morpholine rings is 1. The number of hydrogen-bond acceptors (Lipinski definition) is 4. The second-order valence-corrected chi connectivity index (χ2v) is 6.81. The van der Waals surface area contributed by atoms with Crippen molar-refractivity contribution in [2.75, 3.05) is 13.1 Å². The molecule has 0 bridgehead atoms. The van der Waals surface area contributed by atoms with Gasteiger partial charge >= 0.3 is 5.63 Å². The zero-order valence-corrected chi connectivity index (χ0v) is 14.2. The largest absolute Gasteiger partial charge is 0.506 e. The normalized spacial score (nSPS) is 25.0. The highest BCUT2D eigenvalue weighted by atomic mass is 35.5. The van der Waals surface area contributed by atoms with Crippen LogP contribution in [0.3, 0.4) is 0 Å². The van der Waals surface area contributed by atoms with Crippen molar-refractivity contribution in [3.8, 4) is 5.75 Å². The Kier molecular flexibility index (Phi) is 4.36. The van der Waals surface area contributed by atoms with Crippen molar-refractivity contribution in [3.05, 3.63) is 38.7 Å². The molecular formula is C17H21ClNO4+. The summed E-state index contributed by atoms with van der Waals surface area (Å²) in [5, 5.41) is 11.4. The SMILES string of the molecule is Cc1cc(=O)oc2c(C[NH+]3C[C@@H](C)O[C@H](C)C3)c(O)c(Cl)cc12. The van der Waals surface area contributed by atoms with Crippen LogP contribution < -0.4 is 10.5 Å². The average Bonchev–Trinajstić information content (AvgIpc) is 2.44. The summed E-state index contributed by atoms with van der Waals surface area (Å²) in [7, 11) is 0. The van der Waals surface area contributed by atoms with E-state index in [4.69, 9.17) is 20.8 Å². The Morgan fingerprint density at radius 2 is 1.96 bits per heavy atom. The van der Waals surface area contributed by atoms with E-state index in [1.54, 1.807) is 6.07 Å². The van der Waals surface area contributed by atoms with Gasteiger partial charge in [0.05, 0.1) is 10.6 Å². The minimum Gasteiger partial charge on any atom is -0.506 e. The molecule has 1 aromatic carbocycles. The number of fused-ring (bicyclic) bond motifs is 1. The molecule has 1 aromatic heterocycles. The van der Waals surface area contributed by atoms with Gasteiger partial charge in [-0.05, 0) is 32.4 Å². The molecule has 23 heavy (non-hydrogen) atoms. The van der Waals surface area contributed by atoms with E-state index in [-0.39, 0.29) is 23.0 Å². The van der Waals surface area contributed by atoms with Gasteiger partial charge in [0, 0.05) is 11.5 Å². The minimum atomic E-state index is -0.420. The number of phenols is 1. The van der Waals surface area contributed by atoms with Gasteiger partial charge in [-0.1, -0.05) is 11.6 Å². The van der Waals surface area contributed by atoms with Crippen LogP contribution in [-0.2, 0) is 11.3 Å². The second kappa shape index (κ2) is 6.15. The topological polar surface area (TPSA) is 64.1 Å². The minimum absolute atomic E-state index is 0.00721. The highest BCUT2D eigenvalue weighted by Gasteiger charge is 2.28. The Balaban J connectivity index is 2.09. The number of halogens is 1. The lowest BCUT2D eigenvalue weighted by Crippen LogP contribution is -3.14. The summed E-state index contributed by atoms with van der Waals surface area (Å²) in [6.07, 6.45) is 0.296. The van der Waals surface area contributed by atoms with Crippen LogP contribution in [-0.4, -0.2) is 30.4 Å². The Labute approximate surface area is 139 Å². The van der Waals surface area contributed by atoms with Crippen molar-refractivity contribution in [1.82, 2.24) is 0 Å². The van der Waals surface area contributed by atoms with Crippen molar-refractivity contribution in [2.45, 2.75) is 39.5 Å². The third kappa shape index (κ3) is 3.22. The van der Waals surface area contributed by atoms with Crippen molar-refractivity contribution < 1.29 is 19.2 Å². The molecule has 5 nitrogen and oxygen atoms in total. The molecule has 1 saturated heterocycles. The van der Waals surface area contributed by atoms with Crippen LogP contribution in [0.5, 0.6) is 5.75 Å². The van der Waals surface area contributed by atoms with Crippen molar-refractivity contribution in [2.24, 2.45) is 0 Å². The number of nitrogens with one attached hydrogen (secondary N) is 1. The van der Waals surface area contributed by atoms with Crippen LogP contribution in [0.2, 0.25) is 5.02 Å². The molecule has 124 valence electrons. The van der Waals surface area contributed by atoms with Gasteiger partial charge < -0.3 is 19.2 Å². The lowest BCUT2D eigenvalue weighted by Gasteiger charge is -2.32. The summed E-state index contributed by atoms with van der Waals surface area (Å²) < 4.78 is 11.1. The molecule has 2 N–H and O–H groups in total. The Morgan fingerprint density at radius 1 is 1.30 bits per heavy atom. The molecule has 2 heterocycles. The van der Waals surface area contributed by atoms with Crippen LogP contribution in [0.15, 0.2) is 21.3 Å². The van der Waals surface area contributed by atoms with E-state index in [0.717, 1.165) is 24.0 Å². The lowest BCUT2D eigenvalue weighted by molar-refractivity contribution is -0.928. The maximum Gasteiger partial charge on any atom is 0.336 e. The highest BCUT2D eigenvalue weighted by Crippen LogP contribution is 2.34. The molecule has 2 aromatic rings. The van der Waals surface area contributed by atoms with E-state index in [1.165, 1.54) is 11.0 Å². The molecule has 0 aliphatic carbocycles. The van der Waals surface area contributed by atoms with Gasteiger partial charge in [0.1, 0.15) is 37.6 Å². The zero-order chi connectivity index (χ0) is 16.7. The lowest BCUT2D eigenvalue weighted by atomic mass is 10.0. The zero-order valence-electron chi connectivity index (χ0n) is 13.5. The Bertz CT molecular complexity index is 791. The fraction of sp³-hybridized carbons (Fsp3) is 0.471. The van der Waals surface area contributed by atoms with Crippen LogP contribution in [0.1, 0.15) is 25.0 Å². The summed E-state index contributed by atoms with van der Waals surface area (Å²) in [5.41, 5.74) is 1.38. The number of phenolic OH excluding ortho intramolecular Hbond substituents is 1. The van der Waals surface area contributed by atoms with E-state index in [0.29, 0.717) is 17.7 Å². The molecule has 0 unspecified atom stereocenters. The molecule has 0 spiro atoms. The fourth-order valence-electron chi connectivity index (χ4n) is 3.42. The third-order valence-electron chi connectivity index (χ3n) is 4.31. The monoisotopic (exact) mass is 338 g/mol. The quantitative estimate of drug-likeness (QED) is 0.817. The summed E-state index contributed by atoms with van der Waals surface area (Å²) in [6, 6.07) is 3.08. The second-order valence-electron chi connectivity index (χ2n) is 6.40. The highest BCUT2D eigenvalue weighted by molar-refractivity contribution is 6.33. The molecule has 1 aliphatic rings. The van der Waals surface area contributed by atoms with Gasteiger partial charge in [-0.3, -0.25) is 0 Å². The summed E-state index contributed by atoms with van der Waals surface area (Å²) in [4.78, 5) is 13.0. The average molecular weight is 339 g/mol. The molecular weight excluding hydrogens is 318 g/mol.